The number of carbonyl (C=O) groups excluding carboxylic acids is 1. The van der Waals surface area contributed by atoms with Gasteiger partial charge in [0.2, 0.25) is 0 Å². The van der Waals surface area contributed by atoms with Crippen LogP contribution in [0.1, 0.15) is 5.56 Å². The van der Waals surface area contributed by atoms with Gasteiger partial charge in [-0.25, -0.2) is 4.98 Å². The molecule has 13 heavy (non-hydrogen) atoms. The number of hydrogen-bond acceptors (Lipinski definition) is 2. The van der Waals surface area contributed by atoms with Crippen LogP contribution in [0.2, 0.25) is 0 Å². The molecule has 0 spiro atoms. The second-order valence-electron chi connectivity index (χ2n) is 2.43. The van der Waals surface area contributed by atoms with Gasteiger partial charge >= 0.3 is 0 Å². The van der Waals surface area contributed by atoms with E-state index in [1.54, 1.807) is 6.07 Å². The maximum absolute atomic E-state index is 10.8. The van der Waals surface area contributed by atoms with Crippen molar-refractivity contribution < 1.29 is 4.79 Å². The van der Waals surface area contributed by atoms with Crippen molar-refractivity contribution in [2.45, 2.75) is 6.92 Å². The van der Waals surface area contributed by atoms with E-state index in [-0.39, 0.29) is 0 Å². The van der Waals surface area contributed by atoms with Crippen molar-refractivity contribution in [1.29, 1.82) is 0 Å². The van der Waals surface area contributed by atoms with Crippen LogP contribution in [0.5, 0.6) is 0 Å². The van der Waals surface area contributed by atoms with Gasteiger partial charge in [0.05, 0.1) is 11.9 Å². The molecule has 1 aromatic rings. The van der Waals surface area contributed by atoms with E-state index in [4.69, 9.17) is 6.42 Å². The van der Waals surface area contributed by atoms with Gasteiger partial charge in [0.1, 0.15) is 4.60 Å². The van der Waals surface area contributed by atoms with Crippen molar-refractivity contribution in [1.82, 2.24) is 4.98 Å². The Bertz CT molecular complexity index is 382. The predicted molar refractivity (Wildman–Crippen MR) is 54.1 cm³/mol. The minimum Gasteiger partial charge on any atom is -0.314 e. The molecule has 0 aliphatic carbocycles. The molecule has 0 bridgehead atoms. The lowest BCUT2D eigenvalue weighted by atomic mass is 10.3. The zero-order valence-electron chi connectivity index (χ0n) is 6.97. The molecule has 1 N–H and O–H groups in total. The first-order valence-corrected chi connectivity index (χ1v) is 4.32. The van der Waals surface area contributed by atoms with Crippen LogP contribution in [-0.2, 0) is 4.79 Å². The molecule has 66 valence electrons. The van der Waals surface area contributed by atoms with Crippen LogP contribution in [0.3, 0.4) is 0 Å². The number of terminal acetylenes is 1. The Hall–Kier alpha value is -1.34. The Kier molecular flexibility index (Phi) is 3.04. The monoisotopic (exact) mass is 238 g/mol. The molecule has 0 aliphatic heterocycles. The zero-order chi connectivity index (χ0) is 9.84. The van der Waals surface area contributed by atoms with E-state index in [0.29, 0.717) is 5.69 Å². The highest BCUT2D eigenvalue weighted by Gasteiger charge is 2.00. The minimum atomic E-state index is -0.469. The van der Waals surface area contributed by atoms with Gasteiger partial charge in [-0.3, -0.25) is 4.79 Å². The molecule has 0 fully saturated rings. The maximum atomic E-state index is 10.8. The summed E-state index contributed by atoms with van der Waals surface area (Å²) in [5.74, 6) is 1.49. The topological polar surface area (TPSA) is 42.0 Å². The molecule has 0 saturated heterocycles. The molecule has 0 atom stereocenters. The lowest BCUT2D eigenvalue weighted by molar-refractivity contribution is -0.111. The first-order chi connectivity index (χ1) is 6.13. The number of pyridine rings is 1. The van der Waals surface area contributed by atoms with E-state index >= 15 is 0 Å². The third-order valence-electron chi connectivity index (χ3n) is 1.40. The normalized spacial score (nSPS) is 9.00. The molecule has 1 rings (SSSR count). The molecule has 0 radical (unpaired) electrons. The number of nitrogens with zero attached hydrogens (tertiary/aromatic N) is 1. The van der Waals surface area contributed by atoms with Crippen LogP contribution < -0.4 is 5.32 Å². The Labute approximate surface area is 84.7 Å². The van der Waals surface area contributed by atoms with Gasteiger partial charge in [-0.15, -0.1) is 6.42 Å². The molecule has 1 amide bonds. The predicted octanol–water partition coefficient (Wildman–Crippen LogP) is 1.72. The maximum Gasteiger partial charge on any atom is 0.300 e. The Balaban J connectivity index is 2.87. The molecule has 3 nitrogen and oxygen atoms in total. The number of anilines is 1. The molecular formula is C9H7BrN2O. The average Bonchev–Trinajstić information content (AvgIpc) is 2.11. The van der Waals surface area contributed by atoms with Crippen molar-refractivity contribution in [3.05, 3.63) is 22.4 Å². The summed E-state index contributed by atoms with van der Waals surface area (Å²) in [5.41, 5.74) is 1.54. The molecule has 0 saturated carbocycles. The standard InChI is InChI=1S/C9H7BrN2O/c1-3-8(13)12-7-4-6(2)9(10)11-5-7/h1,4-5H,2H3,(H,12,13). The number of nitrogens with one attached hydrogen (secondary N) is 1. The molecule has 0 unspecified atom stereocenters. The van der Waals surface area contributed by atoms with E-state index in [2.05, 4.69) is 26.2 Å². The summed E-state index contributed by atoms with van der Waals surface area (Å²) in [6.45, 7) is 1.88. The summed E-state index contributed by atoms with van der Waals surface area (Å²) in [4.78, 5) is 14.8. The van der Waals surface area contributed by atoms with Crippen LogP contribution in [0.4, 0.5) is 5.69 Å². The highest BCUT2D eigenvalue weighted by Crippen LogP contribution is 2.16. The van der Waals surface area contributed by atoms with Crippen LogP contribution in [-0.4, -0.2) is 10.9 Å². The molecule has 1 aromatic heterocycles. The highest BCUT2D eigenvalue weighted by molar-refractivity contribution is 9.10. The molecule has 0 aliphatic rings. The highest BCUT2D eigenvalue weighted by atomic mass is 79.9. The fourth-order valence-corrected chi connectivity index (χ4v) is 1.01. The Morgan fingerprint density at radius 3 is 3.00 bits per heavy atom. The number of aryl methyl sites for hydroxylation is 1. The van der Waals surface area contributed by atoms with Gasteiger partial charge in [-0.1, -0.05) is 0 Å². The Morgan fingerprint density at radius 2 is 2.46 bits per heavy atom. The number of halogens is 1. The van der Waals surface area contributed by atoms with Gasteiger partial charge in [0.15, 0.2) is 0 Å². The van der Waals surface area contributed by atoms with Gasteiger partial charge < -0.3 is 5.32 Å². The Morgan fingerprint density at radius 1 is 1.77 bits per heavy atom. The first kappa shape index (κ1) is 9.75. The summed E-state index contributed by atoms with van der Waals surface area (Å²) < 4.78 is 0.756. The van der Waals surface area contributed by atoms with E-state index in [1.165, 1.54) is 6.20 Å². The molecule has 0 aromatic carbocycles. The summed E-state index contributed by atoms with van der Waals surface area (Å²) in [6.07, 6.45) is 6.43. The SMILES string of the molecule is C#CC(=O)Nc1cnc(Br)c(C)c1. The lowest BCUT2D eigenvalue weighted by Gasteiger charge is -2.02. The number of hydrogen-bond donors (Lipinski definition) is 1. The first-order valence-electron chi connectivity index (χ1n) is 3.53. The average molecular weight is 239 g/mol. The largest absolute Gasteiger partial charge is 0.314 e. The van der Waals surface area contributed by atoms with Crippen LogP contribution >= 0.6 is 15.9 Å². The third-order valence-corrected chi connectivity index (χ3v) is 2.23. The fourth-order valence-electron chi connectivity index (χ4n) is 0.794. The lowest BCUT2D eigenvalue weighted by Crippen LogP contribution is -2.08. The van der Waals surface area contributed by atoms with Gasteiger partial charge in [-0.05, 0) is 40.4 Å². The smallest absolute Gasteiger partial charge is 0.300 e. The zero-order valence-corrected chi connectivity index (χ0v) is 8.55. The van der Waals surface area contributed by atoms with Gasteiger partial charge in [0, 0.05) is 0 Å². The summed E-state index contributed by atoms with van der Waals surface area (Å²) in [6, 6.07) is 1.78. The molecule has 4 heteroatoms. The number of amides is 1. The van der Waals surface area contributed by atoms with Crippen molar-refractivity contribution in [3.63, 3.8) is 0 Å². The van der Waals surface area contributed by atoms with Crippen LogP contribution in [0.25, 0.3) is 0 Å². The van der Waals surface area contributed by atoms with Crippen LogP contribution in [0, 0.1) is 19.3 Å². The second-order valence-corrected chi connectivity index (χ2v) is 3.18. The van der Waals surface area contributed by atoms with E-state index < -0.39 is 5.91 Å². The fraction of sp³-hybridized carbons (Fsp3) is 0.111. The molecule has 1 heterocycles. The van der Waals surface area contributed by atoms with Crippen molar-refractivity contribution in [2.24, 2.45) is 0 Å². The minimum absolute atomic E-state index is 0.469. The van der Waals surface area contributed by atoms with Crippen molar-refractivity contribution >= 4 is 27.5 Å². The van der Waals surface area contributed by atoms with Gasteiger partial charge in [0.25, 0.3) is 5.91 Å². The quantitative estimate of drug-likeness (QED) is 0.598. The van der Waals surface area contributed by atoms with Crippen LogP contribution in [0.15, 0.2) is 16.9 Å². The van der Waals surface area contributed by atoms with Gasteiger partial charge in [-0.2, -0.15) is 0 Å². The third kappa shape index (κ3) is 2.56. The summed E-state index contributed by atoms with van der Waals surface area (Å²) in [5, 5.41) is 2.50. The van der Waals surface area contributed by atoms with E-state index in [0.717, 1.165) is 10.2 Å². The van der Waals surface area contributed by atoms with E-state index in [1.807, 2.05) is 12.8 Å². The second kappa shape index (κ2) is 4.06. The summed E-state index contributed by atoms with van der Waals surface area (Å²) in [7, 11) is 0. The van der Waals surface area contributed by atoms with Crippen molar-refractivity contribution in [3.8, 4) is 12.3 Å². The number of carbonyl (C=O) groups is 1. The van der Waals surface area contributed by atoms with Crippen molar-refractivity contribution in [2.75, 3.05) is 5.32 Å². The molecular weight excluding hydrogens is 232 g/mol. The summed E-state index contributed by atoms with van der Waals surface area (Å²) >= 11 is 3.25. The number of rotatable bonds is 1. The number of aromatic nitrogens is 1. The van der Waals surface area contributed by atoms with E-state index in [9.17, 15) is 4.79 Å².